The predicted molar refractivity (Wildman–Crippen MR) is 129 cm³/mol. The molecule has 1 saturated heterocycles. The predicted octanol–water partition coefficient (Wildman–Crippen LogP) is 5.80. The monoisotopic (exact) mass is 460 g/mol. The largest absolute Gasteiger partial charge is 0.352 e. The van der Waals surface area contributed by atoms with Gasteiger partial charge < -0.3 is 10.2 Å². The van der Waals surface area contributed by atoms with Crippen LogP contribution in [0.25, 0.3) is 6.08 Å². The number of fused-ring (bicyclic) bond motifs is 1. The van der Waals surface area contributed by atoms with E-state index in [9.17, 15) is 9.59 Å². The molecule has 2 amide bonds. The van der Waals surface area contributed by atoms with Crippen molar-refractivity contribution in [1.29, 1.82) is 0 Å². The molecule has 4 nitrogen and oxygen atoms in total. The number of nitrogens with zero attached hydrogens (tertiary/aromatic N) is 1. The number of carbonyl (C=O) groups excluding carboxylic acids is 2. The van der Waals surface area contributed by atoms with Crippen molar-refractivity contribution < 1.29 is 9.59 Å². The molecule has 2 saturated carbocycles. The Hall–Kier alpha value is -1.46. The van der Waals surface area contributed by atoms with Gasteiger partial charge >= 0.3 is 0 Å². The summed E-state index contributed by atoms with van der Waals surface area (Å²) in [7, 11) is 0. The van der Waals surface area contributed by atoms with Crippen LogP contribution >= 0.6 is 23.4 Å². The third-order valence-corrected chi connectivity index (χ3v) is 8.54. The Labute approximate surface area is 195 Å². The van der Waals surface area contributed by atoms with Crippen LogP contribution < -0.4 is 5.32 Å². The maximum atomic E-state index is 13.4. The summed E-state index contributed by atoms with van der Waals surface area (Å²) in [6.45, 7) is 0.164. The molecular formula is C25H33ClN2O2S. The van der Waals surface area contributed by atoms with Crippen LogP contribution in [0.4, 0.5) is 0 Å². The van der Waals surface area contributed by atoms with Gasteiger partial charge in [0.05, 0.1) is 4.91 Å². The quantitative estimate of drug-likeness (QED) is 0.578. The summed E-state index contributed by atoms with van der Waals surface area (Å²) in [6, 6.07) is 8.00. The van der Waals surface area contributed by atoms with Crippen LogP contribution in [0.15, 0.2) is 29.2 Å². The van der Waals surface area contributed by atoms with Crippen molar-refractivity contribution >= 4 is 41.3 Å². The summed E-state index contributed by atoms with van der Waals surface area (Å²) < 4.78 is 0. The van der Waals surface area contributed by atoms with Crippen LogP contribution in [0.2, 0.25) is 5.02 Å². The summed E-state index contributed by atoms with van der Waals surface area (Å²) in [5.41, 5.74) is 0.855. The SMILES string of the molecule is O=C(CN1C(=O)/C(=C\c2ccccc2Cl)SC2CCCCC21)NC1CCCCCCC1. The zero-order valence-electron chi connectivity index (χ0n) is 18.2. The molecule has 1 aliphatic heterocycles. The van der Waals surface area contributed by atoms with Gasteiger partial charge in [-0.25, -0.2) is 0 Å². The topological polar surface area (TPSA) is 49.4 Å². The Morgan fingerprint density at radius 1 is 1.03 bits per heavy atom. The van der Waals surface area contributed by atoms with E-state index in [1.54, 1.807) is 11.8 Å². The molecule has 0 spiro atoms. The van der Waals surface area contributed by atoms with Gasteiger partial charge in [0.2, 0.25) is 5.91 Å². The lowest BCUT2D eigenvalue weighted by atomic mass is 9.93. The molecule has 0 radical (unpaired) electrons. The van der Waals surface area contributed by atoms with Gasteiger partial charge in [-0.2, -0.15) is 0 Å². The molecule has 2 atom stereocenters. The average Bonchev–Trinajstić information content (AvgIpc) is 2.74. The van der Waals surface area contributed by atoms with E-state index >= 15 is 0 Å². The molecule has 1 heterocycles. The number of amides is 2. The summed E-state index contributed by atoms with van der Waals surface area (Å²) in [5.74, 6) is -0.0341. The highest BCUT2D eigenvalue weighted by molar-refractivity contribution is 8.04. The van der Waals surface area contributed by atoms with E-state index in [0.29, 0.717) is 15.2 Å². The molecule has 168 valence electrons. The van der Waals surface area contributed by atoms with Gasteiger partial charge in [0, 0.05) is 22.4 Å². The minimum atomic E-state index is -0.0270. The number of rotatable bonds is 4. The second kappa shape index (κ2) is 10.9. The molecule has 4 rings (SSSR count). The minimum absolute atomic E-state index is 0.00718. The lowest BCUT2D eigenvalue weighted by Gasteiger charge is -2.44. The maximum Gasteiger partial charge on any atom is 0.261 e. The number of hydrogen-bond donors (Lipinski definition) is 1. The summed E-state index contributed by atoms with van der Waals surface area (Å²) in [5, 5.41) is 4.24. The summed E-state index contributed by atoms with van der Waals surface area (Å²) in [6.07, 6.45) is 14.6. The van der Waals surface area contributed by atoms with Crippen molar-refractivity contribution in [1.82, 2.24) is 10.2 Å². The van der Waals surface area contributed by atoms with Gasteiger partial charge in [-0.1, -0.05) is 74.7 Å². The summed E-state index contributed by atoms with van der Waals surface area (Å²) in [4.78, 5) is 29.0. The molecular weight excluding hydrogens is 428 g/mol. The molecule has 1 aromatic carbocycles. The maximum absolute atomic E-state index is 13.4. The van der Waals surface area contributed by atoms with Crippen molar-refractivity contribution in [3.8, 4) is 0 Å². The second-order valence-electron chi connectivity index (χ2n) is 9.08. The van der Waals surface area contributed by atoms with Crippen molar-refractivity contribution in [3.63, 3.8) is 0 Å². The van der Waals surface area contributed by atoms with Crippen LogP contribution in [-0.4, -0.2) is 40.6 Å². The van der Waals surface area contributed by atoms with E-state index in [4.69, 9.17) is 11.6 Å². The van der Waals surface area contributed by atoms with Crippen LogP contribution in [-0.2, 0) is 9.59 Å². The molecule has 0 bridgehead atoms. The average molecular weight is 461 g/mol. The highest BCUT2D eigenvalue weighted by Gasteiger charge is 2.41. The second-order valence-corrected chi connectivity index (χ2v) is 10.8. The van der Waals surface area contributed by atoms with E-state index in [1.807, 2.05) is 35.2 Å². The normalized spacial score (nSPS) is 26.8. The summed E-state index contributed by atoms with van der Waals surface area (Å²) >= 11 is 8.02. The van der Waals surface area contributed by atoms with E-state index in [1.165, 1.54) is 38.5 Å². The molecule has 1 aromatic rings. The highest BCUT2D eigenvalue weighted by Crippen LogP contribution is 2.42. The molecule has 31 heavy (non-hydrogen) atoms. The molecule has 1 N–H and O–H groups in total. The highest BCUT2D eigenvalue weighted by atomic mass is 35.5. The Kier molecular flexibility index (Phi) is 8.00. The molecule has 2 unspecified atom stereocenters. The van der Waals surface area contributed by atoms with Gasteiger partial charge in [0.25, 0.3) is 5.91 Å². The van der Waals surface area contributed by atoms with Gasteiger partial charge in [-0.3, -0.25) is 9.59 Å². The van der Waals surface area contributed by atoms with Crippen molar-refractivity contribution in [2.24, 2.45) is 0 Å². The van der Waals surface area contributed by atoms with E-state index < -0.39 is 0 Å². The Morgan fingerprint density at radius 2 is 1.71 bits per heavy atom. The standard InChI is InChI=1S/C25H33ClN2O2S/c26-20-13-7-6-10-18(20)16-23-25(30)28(21-14-8-9-15-22(21)31-23)17-24(29)27-19-11-4-2-1-3-5-12-19/h6-7,10,13,16,19,21-22H,1-5,8-9,11-12,14-15,17H2,(H,27,29)/b23-16+. The van der Waals surface area contributed by atoms with E-state index in [-0.39, 0.29) is 30.4 Å². The smallest absolute Gasteiger partial charge is 0.261 e. The molecule has 6 heteroatoms. The van der Waals surface area contributed by atoms with Crippen molar-refractivity contribution in [2.75, 3.05) is 6.54 Å². The Bertz CT molecular complexity index is 819. The fraction of sp³-hybridized carbons (Fsp3) is 0.600. The zero-order chi connectivity index (χ0) is 21.6. The van der Waals surface area contributed by atoms with Crippen LogP contribution in [0.3, 0.4) is 0 Å². The minimum Gasteiger partial charge on any atom is -0.352 e. The lowest BCUT2D eigenvalue weighted by molar-refractivity contribution is -0.136. The molecule has 2 aliphatic carbocycles. The van der Waals surface area contributed by atoms with Crippen molar-refractivity contribution in [3.05, 3.63) is 39.8 Å². The first-order chi connectivity index (χ1) is 15.1. The third-order valence-electron chi connectivity index (χ3n) is 6.79. The van der Waals surface area contributed by atoms with Gasteiger partial charge in [0.15, 0.2) is 0 Å². The number of benzene rings is 1. The zero-order valence-corrected chi connectivity index (χ0v) is 19.7. The number of carbonyl (C=O) groups is 2. The van der Waals surface area contributed by atoms with E-state index in [2.05, 4.69) is 5.32 Å². The lowest BCUT2D eigenvalue weighted by Crippen LogP contribution is -2.55. The number of hydrogen-bond acceptors (Lipinski definition) is 3. The Morgan fingerprint density at radius 3 is 2.48 bits per heavy atom. The first kappa shape index (κ1) is 22.7. The molecule has 3 fully saturated rings. The van der Waals surface area contributed by atoms with Crippen LogP contribution in [0.5, 0.6) is 0 Å². The first-order valence-corrected chi connectivity index (χ1v) is 13.1. The van der Waals surface area contributed by atoms with Crippen LogP contribution in [0.1, 0.15) is 76.2 Å². The van der Waals surface area contributed by atoms with Crippen LogP contribution in [0, 0.1) is 0 Å². The van der Waals surface area contributed by atoms with Crippen molar-refractivity contribution in [2.45, 2.75) is 88.0 Å². The van der Waals surface area contributed by atoms with Gasteiger partial charge in [-0.05, 0) is 43.4 Å². The number of nitrogens with one attached hydrogen (secondary N) is 1. The first-order valence-electron chi connectivity index (χ1n) is 11.8. The van der Waals surface area contributed by atoms with Gasteiger partial charge in [0.1, 0.15) is 6.54 Å². The van der Waals surface area contributed by atoms with Gasteiger partial charge in [-0.15, -0.1) is 11.8 Å². The fourth-order valence-electron chi connectivity index (χ4n) is 5.12. The molecule has 3 aliphatic rings. The molecule has 0 aromatic heterocycles. The number of thioether (sulfide) groups is 1. The number of halogens is 1. The third kappa shape index (κ3) is 5.87. The van der Waals surface area contributed by atoms with E-state index in [0.717, 1.165) is 37.7 Å². The Balaban J connectivity index is 1.49. The fourth-order valence-corrected chi connectivity index (χ4v) is 6.78.